The first-order valence-corrected chi connectivity index (χ1v) is 8.79. The number of carbonyl (C=O) groups is 1. The van der Waals surface area contributed by atoms with Crippen LogP contribution in [-0.4, -0.2) is 53.4 Å². The van der Waals surface area contributed by atoms with E-state index in [-0.39, 0.29) is 5.91 Å². The molecule has 2 aromatic rings. The van der Waals surface area contributed by atoms with Crippen LogP contribution in [0.4, 0.5) is 0 Å². The number of nitrogens with zero attached hydrogens (tertiary/aromatic N) is 1. The molecule has 0 spiro atoms. The molecule has 1 unspecified atom stereocenters. The molecule has 0 fully saturated rings. The standard InChI is InChI=1S/C21H25NO6/c1-22-11-14-13(7-8-15(24-2)19(14)27-5)18(21(22)23)12-9-16(25-3)20(28-6)17(10-12)26-4/h7-10,18H,11H2,1-6H3. The van der Waals surface area contributed by atoms with E-state index >= 15 is 0 Å². The highest BCUT2D eigenvalue weighted by atomic mass is 16.5. The molecule has 1 aliphatic rings. The van der Waals surface area contributed by atoms with Crippen LogP contribution in [0.15, 0.2) is 24.3 Å². The molecule has 28 heavy (non-hydrogen) atoms. The number of carbonyl (C=O) groups excluding carboxylic acids is 1. The van der Waals surface area contributed by atoms with Crippen molar-refractivity contribution < 1.29 is 28.5 Å². The number of amides is 1. The predicted molar refractivity (Wildman–Crippen MR) is 104 cm³/mol. The monoisotopic (exact) mass is 387 g/mol. The number of hydrogen-bond acceptors (Lipinski definition) is 6. The molecule has 7 nitrogen and oxygen atoms in total. The fourth-order valence-corrected chi connectivity index (χ4v) is 3.70. The van der Waals surface area contributed by atoms with Crippen molar-refractivity contribution in [2.75, 3.05) is 42.6 Å². The second-order valence-electron chi connectivity index (χ2n) is 6.45. The van der Waals surface area contributed by atoms with Gasteiger partial charge in [-0.25, -0.2) is 0 Å². The first-order chi connectivity index (χ1) is 13.5. The summed E-state index contributed by atoms with van der Waals surface area (Å²) in [6.07, 6.45) is 0. The van der Waals surface area contributed by atoms with Gasteiger partial charge in [0.2, 0.25) is 11.7 Å². The zero-order chi connectivity index (χ0) is 20.4. The summed E-state index contributed by atoms with van der Waals surface area (Å²) >= 11 is 0. The van der Waals surface area contributed by atoms with Crippen LogP contribution in [0.5, 0.6) is 28.7 Å². The van der Waals surface area contributed by atoms with Crippen molar-refractivity contribution in [2.45, 2.75) is 12.5 Å². The average Bonchev–Trinajstić information content (AvgIpc) is 2.72. The van der Waals surface area contributed by atoms with Gasteiger partial charge in [0.1, 0.15) is 0 Å². The minimum absolute atomic E-state index is 0.0195. The van der Waals surface area contributed by atoms with Crippen LogP contribution in [0, 0.1) is 0 Å². The van der Waals surface area contributed by atoms with Crippen molar-refractivity contribution >= 4 is 5.91 Å². The van der Waals surface area contributed by atoms with Gasteiger partial charge in [0, 0.05) is 19.2 Å². The lowest BCUT2D eigenvalue weighted by atomic mass is 9.83. The van der Waals surface area contributed by atoms with Gasteiger partial charge in [0.25, 0.3) is 0 Å². The Morgan fingerprint density at radius 3 is 1.89 bits per heavy atom. The van der Waals surface area contributed by atoms with E-state index in [0.717, 1.165) is 16.7 Å². The van der Waals surface area contributed by atoms with Gasteiger partial charge >= 0.3 is 0 Å². The average molecular weight is 387 g/mol. The lowest BCUT2D eigenvalue weighted by Crippen LogP contribution is -2.37. The van der Waals surface area contributed by atoms with Crippen molar-refractivity contribution in [3.63, 3.8) is 0 Å². The summed E-state index contributed by atoms with van der Waals surface area (Å²) in [4.78, 5) is 14.8. The van der Waals surface area contributed by atoms with Crippen molar-refractivity contribution in [3.05, 3.63) is 41.0 Å². The molecule has 0 N–H and O–H groups in total. The number of ether oxygens (including phenoxy) is 5. The molecule has 2 aromatic carbocycles. The van der Waals surface area contributed by atoms with Gasteiger partial charge in [0.15, 0.2) is 23.0 Å². The zero-order valence-corrected chi connectivity index (χ0v) is 17.0. The summed E-state index contributed by atoms with van der Waals surface area (Å²) in [5, 5.41) is 0. The highest BCUT2D eigenvalue weighted by molar-refractivity contribution is 5.90. The van der Waals surface area contributed by atoms with Gasteiger partial charge in [-0.15, -0.1) is 0 Å². The van der Waals surface area contributed by atoms with E-state index in [1.807, 2.05) is 24.3 Å². The minimum Gasteiger partial charge on any atom is -0.493 e. The van der Waals surface area contributed by atoms with Gasteiger partial charge in [-0.1, -0.05) is 6.07 Å². The van der Waals surface area contributed by atoms with Crippen molar-refractivity contribution in [1.29, 1.82) is 0 Å². The third kappa shape index (κ3) is 3.06. The van der Waals surface area contributed by atoms with E-state index in [9.17, 15) is 4.79 Å². The third-order valence-electron chi connectivity index (χ3n) is 5.03. The first-order valence-electron chi connectivity index (χ1n) is 8.79. The van der Waals surface area contributed by atoms with Crippen LogP contribution in [0.1, 0.15) is 22.6 Å². The lowest BCUT2D eigenvalue weighted by Gasteiger charge is -2.33. The molecule has 1 atom stereocenters. The van der Waals surface area contributed by atoms with Crippen molar-refractivity contribution in [1.82, 2.24) is 4.90 Å². The molecule has 0 saturated carbocycles. The highest BCUT2D eigenvalue weighted by Gasteiger charge is 2.36. The van der Waals surface area contributed by atoms with E-state index in [2.05, 4.69) is 0 Å². The Kier molecular flexibility index (Phi) is 5.53. The number of benzene rings is 2. The summed E-state index contributed by atoms with van der Waals surface area (Å²) in [6, 6.07) is 7.35. The summed E-state index contributed by atoms with van der Waals surface area (Å²) in [5.74, 6) is 2.21. The Bertz CT molecular complexity index is 870. The third-order valence-corrected chi connectivity index (χ3v) is 5.03. The molecule has 1 amide bonds. The number of methoxy groups -OCH3 is 5. The maximum atomic E-state index is 13.1. The molecule has 0 bridgehead atoms. The Morgan fingerprint density at radius 1 is 0.821 bits per heavy atom. The van der Waals surface area contributed by atoms with Crippen LogP contribution >= 0.6 is 0 Å². The van der Waals surface area contributed by atoms with Crippen molar-refractivity contribution in [2.24, 2.45) is 0 Å². The highest BCUT2D eigenvalue weighted by Crippen LogP contribution is 2.46. The number of hydrogen-bond donors (Lipinski definition) is 0. The van der Waals surface area contributed by atoms with Gasteiger partial charge in [-0.3, -0.25) is 4.79 Å². The molecule has 1 aliphatic heterocycles. The lowest BCUT2D eigenvalue weighted by molar-refractivity contribution is -0.132. The van der Waals surface area contributed by atoms with E-state index in [1.54, 1.807) is 47.5 Å². The summed E-state index contributed by atoms with van der Waals surface area (Å²) < 4.78 is 27.4. The fourth-order valence-electron chi connectivity index (χ4n) is 3.70. The topological polar surface area (TPSA) is 66.5 Å². The maximum absolute atomic E-state index is 13.1. The largest absolute Gasteiger partial charge is 0.493 e. The fraction of sp³-hybridized carbons (Fsp3) is 0.381. The molecule has 150 valence electrons. The van der Waals surface area contributed by atoms with Gasteiger partial charge in [-0.2, -0.15) is 0 Å². The Labute approximate surface area is 164 Å². The van der Waals surface area contributed by atoms with E-state index < -0.39 is 5.92 Å². The van der Waals surface area contributed by atoms with Crippen LogP contribution in [0.3, 0.4) is 0 Å². The summed E-state index contributed by atoms with van der Waals surface area (Å²) in [6.45, 7) is 0.440. The van der Waals surface area contributed by atoms with Crippen molar-refractivity contribution in [3.8, 4) is 28.7 Å². The normalized spacial score (nSPS) is 15.7. The van der Waals surface area contributed by atoms with Crippen LogP contribution in [-0.2, 0) is 11.3 Å². The van der Waals surface area contributed by atoms with Crippen LogP contribution in [0.2, 0.25) is 0 Å². The Morgan fingerprint density at radius 2 is 1.39 bits per heavy atom. The SMILES string of the molecule is COc1cc(C2C(=O)N(C)Cc3c2ccc(OC)c3OC)cc(OC)c1OC. The molecule has 0 aliphatic carbocycles. The Balaban J connectivity index is 2.24. The molecular weight excluding hydrogens is 362 g/mol. The molecule has 3 rings (SSSR count). The van der Waals surface area contributed by atoms with Gasteiger partial charge in [-0.05, 0) is 29.3 Å². The second-order valence-corrected chi connectivity index (χ2v) is 6.45. The number of rotatable bonds is 6. The number of fused-ring (bicyclic) bond motifs is 1. The molecular formula is C21H25NO6. The molecule has 0 aromatic heterocycles. The summed E-state index contributed by atoms with van der Waals surface area (Å²) in [5.41, 5.74) is 2.54. The maximum Gasteiger partial charge on any atom is 0.234 e. The summed E-state index contributed by atoms with van der Waals surface area (Å²) in [7, 11) is 9.62. The predicted octanol–water partition coefficient (Wildman–Crippen LogP) is 2.83. The van der Waals surface area contributed by atoms with Crippen LogP contribution in [0.25, 0.3) is 0 Å². The van der Waals surface area contributed by atoms with E-state index in [4.69, 9.17) is 23.7 Å². The second kappa shape index (κ2) is 7.88. The van der Waals surface area contributed by atoms with E-state index in [0.29, 0.717) is 35.3 Å². The Hall–Kier alpha value is -3.09. The quantitative estimate of drug-likeness (QED) is 0.759. The minimum atomic E-state index is -0.526. The van der Waals surface area contributed by atoms with E-state index in [1.165, 1.54) is 0 Å². The zero-order valence-electron chi connectivity index (χ0n) is 17.0. The molecule has 0 radical (unpaired) electrons. The van der Waals surface area contributed by atoms with Crippen LogP contribution < -0.4 is 23.7 Å². The molecule has 7 heteroatoms. The van der Waals surface area contributed by atoms with Gasteiger partial charge < -0.3 is 28.6 Å². The smallest absolute Gasteiger partial charge is 0.234 e. The molecule has 1 heterocycles. The number of likely N-dealkylation sites (N-methyl/N-ethyl adjacent to an activating group) is 1. The van der Waals surface area contributed by atoms with Gasteiger partial charge in [0.05, 0.1) is 41.5 Å². The first kappa shape index (κ1) is 19.7. The molecule has 0 saturated heterocycles.